The van der Waals surface area contributed by atoms with Crippen LogP contribution >= 0.6 is 11.8 Å². The standard InChI is InChI=1S/C15H22FN3OS/c1-4-6-17-14-13(16)12(5-7-18-14)15(20)19-8-9-21-11(3)10(19)2/h5,7,10-11H,4,6,8-9H2,1-3H3,(H,17,18). The molecule has 4 nitrogen and oxygen atoms in total. The molecule has 0 aromatic carbocycles. The molecule has 2 heterocycles. The molecule has 0 bridgehead atoms. The molecule has 1 fully saturated rings. The smallest absolute Gasteiger partial charge is 0.257 e. The van der Waals surface area contributed by atoms with Gasteiger partial charge in [-0.2, -0.15) is 11.8 Å². The Hall–Kier alpha value is -1.30. The molecular weight excluding hydrogens is 289 g/mol. The number of thioether (sulfide) groups is 1. The van der Waals surface area contributed by atoms with Gasteiger partial charge in [0.25, 0.3) is 5.91 Å². The first kappa shape index (κ1) is 16.1. The van der Waals surface area contributed by atoms with Gasteiger partial charge in [0, 0.05) is 36.3 Å². The lowest BCUT2D eigenvalue weighted by Crippen LogP contribution is -2.48. The topological polar surface area (TPSA) is 45.2 Å². The van der Waals surface area contributed by atoms with E-state index < -0.39 is 5.82 Å². The van der Waals surface area contributed by atoms with Gasteiger partial charge in [0.05, 0.1) is 5.56 Å². The molecule has 1 aliphatic rings. The van der Waals surface area contributed by atoms with Crippen LogP contribution in [-0.2, 0) is 0 Å². The molecule has 116 valence electrons. The van der Waals surface area contributed by atoms with Crippen LogP contribution in [0.2, 0.25) is 0 Å². The van der Waals surface area contributed by atoms with Crippen molar-refractivity contribution in [1.29, 1.82) is 0 Å². The van der Waals surface area contributed by atoms with Gasteiger partial charge in [0.1, 0.15) is 0 Å². The van der Waals surface area contributed by atoms with Crippen molar-refractivity contribution in [2.24, 2.45) is 0 Å². The van der Waals surface area contributed by atoms with Crippen molar-refractivity contribution in [3.63, 3.8) is 0 Å². The Morgan fingerprint density at radius 3 is 3.05 bits per heavy atom. The van der Waals surface area contributed by atoms with Crippen molar-refractivity contribution in [2.45, 2.75) is 38.5 Å². The molecule has 0 aliphatic carbocycles. The van der Waals surface area contributed by atoms with Gasteiger partial charge >= 0.3 is 0 Å². The summed E-state index contributed by atoms with van der Waals surface area (Å²) in [4.78, 5) is 18.4. The number of aromatic nitrogens is 1. The average molecular weight is 311 g/mol. The fraction of sp³-hybridized carbons (Fsp3) is 0.600. The van der Waals surface area contributed by atoms with Gasteiger partial charge in [0.2, 0.25) is 0 Å². The zero-order valence-electron chi connectivity index (χ0n) is 12.7. The molecule has 1 aliphatic heterocycles. The molecule has 2 atom stereocenters. The highest BCUT2D eigenvalue weighted by Crippen LogP contribution is 2.26. The van der Waals surface area contributed by atoms with Gasteiger partial charge in [0.15, 0.2) is 11.6 Å². The van der Waals surface area contributed by atoms with E-state index in [9.17, 15) is 9.18 Å². The van der Waals surface area contributed by atoms with Crippen LogP contribution in [0.1, 0.15) is 37.6 Å². The summed E-state index contributed by atoms with van der Waals surface area (Å²) in [6.07, 6.45) is 2.36. The minimum absolute atomic E-state index is 0.106. The fourth-order valence-electron chi connectivity index (χ4n) is 2.35. The molecule has 2 unspecified atom stereocenters. The monoisotopic (exact) mass is 311 g/mol. The molecule has 6 heteroatoms. The average Bonchev–Trinajstić information content (AvgIpc) is 2.48. The molecule has 0 spiro atoms. The molecular formula is C15H22FN3OS. The molecule has 0 saturated carbocycles. The minimum atomic E-state index is -0.547. The summed E-state index contributed by atoms with van der Waals surface area (Å²) in [5, 5.41) is 3.29. The van der Waals surface area contributed by atoms with Crippen LogP contribution in [0, 0.1) is 5.82 Å². The van der Waals surface area contributed by atoms with Crippen molar-refractivity contribution in [2.75, 3.05) is 24.2 Å². The SMILES string of the molecule is CCCNc1nccc(C(=O)N2CCSC(C)C2C)c1F. The number of nitrogens with one attached hydrogen (secondary N) is 1. The normalized spacial score (nSPS) is 22.2. The largest absolute Gasteiger partial charge is 0.368 e. The van der Waals surface area contributed by atoms with E-state index in [0.29, 0.717) is 18.3 Å². The third-order valence-corrected chi connectivity index (χ3v) is 5.14. The van der Waals surface area contributed by atoms with Crippen molar-refractivity contribution < 1.29 is 9.18 Å². The summed E-state index contributed by atoms with van der Waals surface area (Å²) >= 11 is 1.85. The third kappa shape index (κ3) is 3.48. The maximum Gasteiger partial charge on any atom is 0.257 e. The number of hydrogen-bond acceptors (Lipinski definition) is 4. The highest BCUT2D eigenvalue weighted by atomic mass is 32.2. The number of anilines is 1. The maximum absolute atomic E-state index is 14.4. The first-order valence-electron chi connectivity index (χ1n) is 7.37. The van der Waals surface area contributed by atoms with Crippen molar-refractivity contribution >= 4 is 23.5 Å². The lowest BCUT2D eigenvalue weighted by atomic mass is 10.1. The van der Waals surface area contributed by atoms with Gasteiger partial charge < -0.3 is 10.2 Å². The molecule has 1 aromatic rings. The van der Waals surface area contributed by atoms with E-state index in [-0.39, 0.29) is 23.3 Å². The van der Waals surface area contributed by atoms with E-state index in [1.54, 1.807) is 4.90 Å². The summed E-state index contributed by atoms with van der Waals surface area (Å²) in [5.74, 6) is 0.267. The van der Waals surface area contributed by atoms with Crippen LogP contribution in [0.25, 0.3) is 0 Å². The van der Waals surface area contributed by atoms with Crippen molar-refractivity contribution in [3.05, 3.63) is 23.6 Å². The second kappa shape index (κ2) is 7.11. The number of carbonyl (C=O) groups is 1. The van der Waals surface area contributed by atoms with E-state index in [2.05, 4.69) is 17.2 Å². The second-order valence-electron chi connectivity index (χ2n) is 5.26. The molecule has 1 saturated heterocycles. The molecule has 1 aromatic heterocycles. The Labute approximate surface area is 129 Å². The van der Waals surface area contributed by atoms with Crippen LogP contribution in [-0.4, -0.2) is 45.9 Å². The Morgan fingerprint density at radius 1 is 1.57 bits per heavy atom. The van der Waals surface area contributed by atoms with Crippen molar-refractivity contribution in [3.8, 4) is 0 Å². The van der Waals surface area contributed by atoms with E-state index in [1.165, 1.54) is 12.3 Å². The number of hydrogen-bond donors (Lipinski definition) is 1. The Bertz CT molecular complexity index is 512. The third-order valence-electron chi connectivity index (χ3n) is 3.81. The lowest BCUT2D eigenvalue weighted by Gasteiger charge is -2.37. The second-order valence-corrected chi connectivity index (χ2v) is 6.75. The number of halogens is 1. The van der Waals surface area contributed by atoms with Gasteiger partial charge in [-0.3, -0.25) is 4.79 Å². The van der Waals surface area contributed by atoms with Gasteiger partial charge in [-0.05, 0) is 19.4 Å². The summed E-state index contributed by atoms with van der Waals surface area (Å²) < 4.78 is 14.4. The molecule has 0 radical (unpaired) electrons. The first-order valence-corrected chi connectivity index (χ1v) is 8.42. The summed E-state index contributed by atoms with van der Waals surface area (Å²) in [6, 6.07) is 1.57. The summed E-state index contributed by atoms with van der Waals surface area (Å²) in [5.41, 5.74) is 0.106. The zero-order valence-corrected chi connectivity index (χ0v) is 13.5. The van der Waals surface area contributed by atoms with Crippen LogP contribution < -0.4 is 5.32 Å². The van der Waals surface area contributed by atoms with Crippen molar-refractivity contribution in [1.82, 2.24) is 9.88 Å². The number of nitrogens with zero attached hydrogens (tertiary/aromatic N) is 2. The molecule has 1 N–H and O–H groups in total. The first-order chi connectivity index (χ1) is 10.1. The number of amides is 1. The van der Waals surface area contributed by atoms with E-state index in [0.717, 1.165) is 12.2 Å². The van der Waals surface area contributed by atoms with E-state index >= 15 is 0 Å². The van der Waals surface area contributed by atoms with E-state index in [1.807, 2.05) is 25.6 Å². The van der Waals surface area contributed by atoms with Gasteiger partial charge in [-0.1, -0.05) is 13.8 Å². The highest BCUT2D eigenvalue weighted by molar-refractivity contribution is 8.00. The predicted molar refractivity (Wildman–Crippen MR) is 85.4 cm³/mol. The maximum atomic E-state index is 14.4. The van der Waals surface area contributed by atoms with E-state index in [4.69, 9.17) is 0 Å². The lowest BCUT2D eigenvalue weighted by molar-refractivity contribution is 0.0693. The Balaban J connectivity index is 2.22. The van der Waals surface area contributed by atoms with Gasteiger partial charge in [-0.25, -0.2) is 9.37 Å². The van der Waals surface area contributed by atoms with Crippen LogP contribution in [0.3, 0.4) is 0 Å². The predicted octanol–water partition coefficient (Wildman–Crippen LogP) is 3.01. The Kier molecular flexibility index (Phi) is 5.45. The molecule has 1 amide bonds. The number of rotatable bonds is 4. The number of carbonyl (C=O) groups excluding carboxylic acids is 1. The highest BCUT2D eigenvalue weighted by Gasteiger charge is 2.31. The zero-order chi connectivity index (χ0) is 15.4. The summed E-state index contributed by atoms with van der Waals surface area (Å²) in [6.45, 7) is 7.41. The minimum Gasteiger partial charge on any atom is -0.368 e. The molecule has 2 rings (SSSR count). The van der Waals surface area contributed by atoms with Crippen LogP contribution in [0.5, 0.6) is 0 Å². The van der Waals surface area contributed by atoms with Crippen LogP contribution in [0.4, 0.5) is 10.2 Å². The number of pyridine rings is 1. The quantitative estimate of drug-likeness (QED) is 0.928. The Morgan fingerprint density at radius 2 is 2.33 bits per heavy atom. The van der Waals surface area contributed by atoms with Crippen LogP contribution in [0.15, 0.2) is 12.3 Å². The summed E-state index contributed by atoms with van der Waals surface area (Å²) in [7, 11) is 0. The van der Waals surface area contributed by atoms with Gasteiger partial charge in [-0.15, -0.1) is 0 Å². The fourth-order valence-corrected chi connectivity index (χ4v) is 3.45. The molecule has 21 heavy (non-hydrogen) atoms.